The number of methoxy groups -OCH3 is 1. The van der Waals surface area contributed by atoms with Crippen molar-refractivity contribution >= 4 is 17.2 Å². The third-order valence-corrected chi connectivity index (χ3v) is 7.16. The van der Waals surface area contributed by atoms with Crippen LogP contribution < -0.4 is 9.64 Å². The van der Waals surface area contributed by atoms with Crippen LogP contribution in [0.5, 0.6) is 5.75 Å². The molecule has 2 aromatic heterocycles. The van der Waals surface area contributed by atoms with Gasteiger partial charge >= 0.3 is 6.18 Å². The van der Waals surface area contributed by atoms with Crippen LogP contribution in [-0.2, 0) is 11.0 Å². The number of hydrogen-bond acceptors (Lipinski definition) is 4. The van der Waals surface area contributed by atoms with Gasteiger partial charge in [0, 0.05) is 56.6 Å². The first-order valence-electron chi connectivity index (χ1n) is 12.5. The number of amides is 1. The number of anilines is 1. The first kappa shape index (κ1) is 25.6. The Balaban J connectivity index is 1.36. The number of nitrogens with zero attached hydrogens (tertiary/aromatic N) is 4. The highest BCUT2D eigenvalue weighted by Crippen LogP contribution is 2.34. The summed E-state index contributed by atoms with van der Waals surface area (Å²) in [7, 11) is 1.61. The molecular weight excluding hydrogens is 493 g/mol. The fourth-order valence-electron chi connectivity index (χ4n) is 5.08. The Morgan fingerprint density at radius 2 is 1.79 bits per heavy atom. The summed E-state index contributed by atoms with van der Waals surface area (Å²) in [5.41, 5.74) is 3.59. The molecule has 9 heteroatoms. The third-order valence-electron chi connectivity index (χ3n) is 7.16. The molecule has 1 aliphatic rings. The monoisotopic (exact) mass is 522 g/mol. The fraction of sp³-hybridized carbons (Fsp3) is 0.310. The molecule has 0 aliphatic carbocycles. The lowest BCUT2D eigenvalue weighted by molar-refractivity contribution is -0.137. The van der Waals surface area contributed by atoms with Gasteiger partial charge in [0.2, 0.25) is 5.91 Å². The highest BCUT2D eigenvalue weighted by Gasteiger charge is 2.32. The fourth-order valence-corrected chi connectivity index (χ4v) is 5.08. The topological polar surface area (TPSA) is 50.1 Å². The molecule has 1 saturated heterocycles. The molecule has 0 N–H and O–H groups in total. The second-order valence-electron chi connectivity index (χ2n) is 9.52. The lowest BCUT2D eigenvalue weighted by Gasteiger charge is -2.37. The van der Waals surface area contributed by atoms with Crippen LogP contribution in [0.25, 0.3) is 5.65 Å². The molecule has 1 aliphatic heterocycles. The van der Waals surface area contributed by atoms with Gasteiger partial charge in [0.25, 0.3) is 0 Å². The number of ether oxygens (including phenoxy) is 1. The number of imidazole rings is 1. The Hall–Kier alpha value is -4.01. The standard InChI is InChI=1S/C29H29F3N4O2/c1-20-6-5-11-36-26(19-33-28(20)36)25(21-7-3-10-24(16-21)38-2)18-27(37)35-14-12-34(13-15-35)23-9-4-8-22(17-23)29(30,31)32/h3-11,16-17,19,25H,12-15,18H2,1-2H3. The lowest BCUT2D eigenvalue weighted by Crippen LogP contribution is -2.49. The molecular formula is C29H29F3N4O2. The van der Waals surface area contributed by atoms with Gasteiger partial charge in [-0.15, -0.1) is 0 Å². The van der Waals surface area contributed by atoms with Gasteiger partial charge < -0.3 is 18.9 Å². The number of aryl methyl sites for hydroxylation is 1. The van der Waals surface area contributed by atoms with Crippen molar-refractivity contribution in [1.82, 2.24) is 14.3 Å². The van der Waals surface area contributed by atoms with Gasteiger partial charge in [-0.2, -0.15) is 13.2 Å². The summed E-state index contributed by atoms with van der Waals surface area (Å²) >= 11 is 0. The molecule has 1 amide bonds. The third kappa shape index (κ3) is 5.18. The number of carbonyl (C=O) groups excluding carboxylic acids is 1. The molecule has 3 heterocycles. The molecule has 198 valence electrons. The number of pyridine rings is 1. The second-order valence-corrected chi connectivity index (χ2v) is 9.52. The van der Waals surface area contributed by atoms with Crippen LogP contribution in [0.15, 0.2) is 73.1 Å². The van der Waals surface area contributed by atoms with Crippen LogP contribution in [0, 0.1) is 6.92 Å². The van der Waals surface area contributed by atoms with Crippen LogP contribution in [0.3, 0.4) is 0 Å². The Morgan fingerprint density at radius 1 is 1.03 bits per heavy atom. The van der Waals surface area contributed by atoms with Crippen molar-refractivity contribution in [1.29, 1.82) is 0 Å². The average Bonchev–Trinajstić information content (AvgIpc) is 3.36. The number of hydrogen-bond donors (Lipinski definition) is 0. The van der Waals surface area contributed by atoms with Gasteiger partial charge in [0.1, 0.15) is 11.4 Å². The highest BCUT2D eigenvalue weighted by molar-refractivity contribution is 5.78. The SMILES string of the molecule is COc1cccc(C(CC(=O)N2CCN(c3cccc(C(F)(F)F)c3)CC2)c2cnc3c(C)cccn23)c1. The molecule has 6 nitrogen and oxygen atoms in total. The number of piperazine rings is 1. The molecule has 4 aromatic rings. The summed E-state index contributed by atoms with van der Waals surface area (Å²) in [6.07, 6.45) is -0.376. The van der Waals surface area contributed by atoms with Crippen LogP contribution in [-0.4, -0.2) is 53.5 Å². The van der Waals surface area contributed by atoms with Gasteiger partial charge in [-0.05, 0) is 54.4 Å². The molecule has 1 unspecified atom stereocenters. The van der Waals surface area contributed by atoms with E-state index in [9.17, 15) is 18.0 Å². The summed E-state index contributed by atoms with van der Waals surface area (Å²) < 4.78 is 47.0. The quantitative estimate of drug-likeness (QED) is 0.334. The number of carbonyl (C=O) groups is 1. The minimum atomic E-state index is -4.39. The molecule has 38 heavy (non-hydrogen) atoms. The van der Waals surface area contributed by atoms with E-state index in [-0.39, 0.29) is 18.2 Å². The minimum Gasteiger partial charge on any atom is -0.497 e. The molecule has 5 rings (SSSR count). The number of benzene rings is 2. The number of aromatic nitrogens is 2. The van der Waals surface area contributed by atoms with E-state index in [2.05, 4.69) is 4.98 Å². The van der Waals surface area contributed by atoms with Crippen molar-refractivity contribution < 1.29 is 22.7 Å². The molecule has 0 radical (unpaired) electrons. The van der Waals surface area contributed by atoms with Gasteiger partial charge in [0.05, 0.1) is 18.4 Å². The van der Waals surface area contributed by atoms with Crippen molar-refractivity contribution in [2.24, 2.45) is 0 Å². The van der Waals surface area contributed by atoms with Gasteiger partial charge in [-0.25, -0.2) is 4.98 Å². The Kier molecular flexibility index (Phi) is 7.01. The molecule has 0 spiro atoms. The van der Waals surface area contributed by atoms with Gasteiger partial charge in [-0.1, -0.05) is 24.3 Å². The molecule has 1 fully saturated rings. The summed E-state index contributed by atoms with van der Waals surface area (Å²) in [6.45, 7) is 3.80. The van der Waals surface area contributed by atoms with E-state index < -0.39 is 11.7 Å². The largest absolute Gasteiger partial charge is 0.497 e. The van der Waals surface area contributed by atoms with Crippen LogP contribution in [0.2, 0.25) is 0 Å². The predicted octanol–water partition coefficient (Wildman–Crippen LogP) is 5.54. The summed E-state index contributed by atoms with van der Waals surface area (Å²) in [5.74, 6) is 0.444. The van der Waals surface area contributed by atoms with E-state index in [0.29, 0.717) is 37.6 Å². The van der Waals surface area contributed by atoms with Crippen molar-refractivity contribution in [2.75, 3.05) is 38.2 Å². The number of fused-ring (bicyclic) bond motifs is 1. The minimum absolute atomic E-state index is 0.0101. The smallest absolute Gasteiger partial charge is 0.416 e. The normalized spacial score (nSPS) is 15.1. The maximum Gasteiger partial charge on any atom is 0.416 e. The highest BCUT2D eigenvalue weighted by atomic mass is 19.4. The van der Waals surface area contributed by atoms with Gasteiger partial charge in [-0.3, -0.25) is 4.79 Å². The number of rotatable bonds is 6. The van der Waals surface area contributed by atoms with Crippen LogP contribution >= 0.6 is 0 Å². The van der Waals surface area contributed by atoms with E-state index in [0.717, 1.165) is 28.5 Å². The number of halogens is 3. The summed E-state index contributed by atoms with van der Waals surface area (Å²) in [6, 6.07) is 17.0. The first-order chi connectivity index (χ1) is 18.2. The van der Waals surface area contributed by atoms with Crippen molar-refractivity contribution in [3.8, 4) is 5.75 Å². The van der Waals surface area contributed by atoms with Crippen molar-refractivity contribution in [3.05, 3.63) is 95.4 Å². The Labute approximate surface area is 219 Å². The predicted molar refractivity (Wildman–Crippen MR) is 140 cm³/mol. The van der Waals surface area contributed by atoms with E-state index in [1.54, 1.807) is 18.1 Å². The van der Waals surface area contributed by atoms with Crippen LogP contribution in [0.1, 0.15) is 34.7 Å². The maximum atomic E-state index is 13.6. The zero-order valence-corrected chi connectivity index (χ0v) is 21.3. The van der Waals surface area contributed by atoms with Gasteiger partial charge in [0.15, 0.2) is 0 Å². The summed E-state index contributed by atoms with van der Waals surface area (Å²) in [5, 5.41) is 0. The van der Waals surface area contributed by atoms with Crippen molar-refractivity contribution in [3.63, 3.8) is 0 Å². The zero-order chi connectivity index (χ0) is 26.9. The first-order valence-corrected chi connectivity index (χ1v) is 12.5. The van der Waals surface area contributed by atoms with Crippen molar-refractivity contribution in [2.45, 2.75) is 25.4 Å². The zero-order valence-electron chi connectivity index (χ0n) is 21.3. The number of alkyl halides is 3. The van der Waals surface area contributed by atoms with Crippen LogP contribution in [0.4, 0.5) is 18.9 Å². The molecule has 0 saturated carbocycles. The molecule has 0 bridgehead atoms. The second kappa shape index (κ2) is 10.4. The maximum absolute atomic E-state index is 13.6. The molecule has 2 aromatic carbocycles. The van der Waals surface area contributed by atoms with E-state index in [4.69, 9.17) is 4.74 Å². The Bertz CT molecular complexity index is 1440. The summed E-state index contributed by atoms with van der Waals surface area (Å²) in [4.78, 5) is 21.9. The average molecular weight is 523 g/mol. The lowest BCUT2D eigenvalue weighted by atomic mass is 9.91. The Morgan fingerprint density at radius 3 is 2.53 bits per heavy atom. The van der Waals surface area contributed by atoms with E-state index in [1.165, 1.54) is 12.1 Å². The van der Waals surface area contributed by atoms with E-state index in [1.807, 2.05) is 65.0 Å². The molecule has 1 atom stereocenters. The van der Waals surface area contributed by atoms with E-state index >= 15 is 0 Å².